The van der Waals surface area contributed by atoms with Crippen LogP contribution in [0.4, 0.5) is 10.1 Å². The molecule has 1 aromatic carbocycles. The minimum Gasteiger partial charge on any atom is -0.317 e. The van der Waals surface area contributed by atoms with Crippen LogP contribution in [0.25, 0.3) is 0 Å². The molecule has 0 bridgehead atoms. The van der Waals surface area contributed by atoms with Crippen LogP contribution in [0.5, 0.6) is 0 Å². The van der Waals surface area contributed by atoms with Crippen LogP contribution in [0.1, 0.15) is 26.2 Å². The lowest BCUT2D eigenvalue weighted by Gasteiger charge is -2.31. The van der Waals surface area contributed by atoms with Gasteiger partial charge in [-0.15, -0.1) is 0 Å². The minimum absolute atomic E-state index is 0.132. The molecule has 1 aromatic rings. The summed E-state index contributed by atoms with van der Waals surface area (Å²) in [7, 11) is -5.60. The van der Waals surface area contributed by atoms with E-state index in [1.165, 1.54) is 10.4 Å². The number of halogens is 1. The van der Waals surface area contributed by atoms with Crippen LogP contribution in [-0.2, 0) is 20.0 Å². The van der Waals surface area contributed by atoms with Crippen molar-refractivity contribution in [3.63, 3.8) is 0 Å². The molecule has 0 atom stereocenters. The molecule has 1 heterocycles. The molecule has 1 aliphatic heterocycles. The van der Waals surface area contributed by atoms with Crippen molar-refractivity contribution < 1.29 is 21.2 Å². The first-order valence-electron chi connectivity index (χ1n) is 8.17. The van der Waals surface area contributed by atoms with Crippen molar-refractivity contribution >= 4 is 25.7 Å². The summed E-state index contributed by atoms with van der Waals surface area (Å²) < 4.78 is 66.4. The summed E-state index contributed by atoms with van der Waals surface area (Å²) in [5.41, 5.74) is -0.249. The number of anilines is 1. The number of rotatable bonds is 7. The maximum atomic E-state index is 14.2. The number of hydrogen-bond acceptors (Lipinski definition) is 5. The smallest absolute Gasteiger partial charge is 0.243 e. The summed E-state index contributed by atoms with van der Waals surface area (Å²) in [4.78, 5) is -0.175. The minimum atomic E-state index is -3.80. The van der Waals surface area contributed by atoms with E-state index >= 15 is 0 Å². The summed E-state index contributed by atoms with van der Waals surface area (Å²) in [6.07, 6.45) is 1.77. The predicted molar refractivity (Wildman–Crippen MR) is 94.9 cm³/mol. The van der Waals surface area contributed by atoms with Gasteiger partial charge in [0.2, 0.25) is 20.0 Å². The molecule has 7 nitrogen and oxygen atoms in total. The fourth-order valence-corrected chi connectivity index (χ4v) is 5.38. The second-order valence-electron chi connectivity index (χ2n) is 6.03. The first kappa shape index (κ1) is 20.1. The maximum absolute atomic E-state index is 14.2. The van der Waals surface area contributed by atoms with Crippen LogP contribution in [0.15, 0.2) is 23.1 Å². The molecule has 1 saturated heterocycles. The molecule has 0 saturated carbocycles. The number of hydrogen-bond donors (Lipinski definition) is 2. The number of benzene rings is 1. The molecule has 0 aromatic heterocycles. The molecule has 0 spiro atoms. The van der Waals surface area contributed by atoms with Gasteiger partial charge in [0.1, 0.15) is 5.82 Å². The Hall–Kier alpha value is -1.23. The van der Waals surface area contributed by atoms with Crippen molar-refractivity contribution in [2.45, 2.75) is 37.1 Å². The fourth-order valence-electron chi connectivity index (χ4n) is 2.76. The van der Waals surface area contributed by atoms with Gasteiger partial charge in [-0.1, -0.05) is 6.92 Å². The number of piperidine rings is 1. The van der Waals surface area contributed by atoms with E-state index in [9.17, 15) is 21.2 Å². The first-order chi connectivity index (χ1) is 11.7. The molecule has 1 fully saturated rings. The zero-order valence-corrected chi connectivity index (χ0v) is 16.0. The topological polar surface area (TPSA) is 95.6 Å². The Morgan fingerprint density at radius 1 is 1.20 bits per heavy atom. The number of sulfonamides is 2. The van der Waals surface area contributed by atoms with Gasteiger partial charge in [0.15, 0.2) is 0 Å². The van der Waals surface area contributed by atoms with Gasteiger partial charge in [-0.2, -0.15) is 4.31 Å². The van der Waals surface area contributed by atoms with Crippen LogP contribution < -0.4 is 10.0 Å². The van der Waals surface area contributed by atoms with Crippen molar-refractivity contribution in [3.05, 3.63) is 24.0 Å². The van der Waals surface area contributed by atoms with E-state index in [1.807, 2.05) is 7.05 Å². The van der Waals surface area contributed by atoms with E-state index in [0.29, 0.717) is 32.4 Å². The largest absolute Gasteiger partial charge is 0.317 e. The molecule has 0 unspecified atom stereocenters. The lowest BCUT2D eigenvalue weighted by Crippen LogP contribution is -2.43. The molecule has 0 radical (unpaired) electrons. The van der Waals surface area contributed by atoms with E-state index in [0.717, 1.165) is 12.1 Å². The van der Waals surface area contributed by atoms with Gasteiger partial charge in [-0.05, 0) is 44.5 Å². The summed E-state index contributed by atoms with van der Waals surface area (Å²) >= 11 is 0. The highest BCUT2D eigenvalue weighted by Gasteiger charge is 2.29. The fraction of sp³-hybridized carbons (Fsp3) is 0.600. The molecular formula is C15H24FN3O4S2. The van der Waals surface area contributed by atoms with Gasteiger partial charge in [-0.25, -0.2) is 21.2 Å². The predicted octanol–water partition coefficient (Wildman–Crippen LogP) is 1.35. The molecular weight excluding hydrogens is 369 g/mol. The number of nitrogens with one attached hydrogen (secondary N) is 2. The summed E-state index contributed by atoms with van der Waals surface area (Å²) in [6, 6.07) is 3.52. The third-order valence-electron chi connectivity index (χ3n) is 4.18. The molecule has 2 N–H and O–H groups in total. The normalized spacial score (nSPS) is 17.6. The van der Waals surface area contributed by atoms with Crippen LogP contribution in [0.2, 0.25) is 0 Å². The van der Waals surface area contributed by atoms with Gasteiger partial charge in [0.05, 0.1) is 16.3 Å². The summed E-state index contributed by atoms with van der Waals surface area (Å²) in [5, 5.41) is 3.12. The van der Waals surface area contributed by atoms with Gasteiger partial charge in [0, 0.05) is 19.1 Å². The van der Waals surface area contributed by atoms with E-state index < -0.39 is 25.9 Å². The van der Waals surface area contributed by atoms with E-state index in [1.54, 1.807) is 6.92 Å². The van der Waals surface area contributed by atoms with E-state index in [2.05, 4.69) is 10.0 Å². The summed E-state index contributed by atoms with van der Waals surface area (Å²) in [5.74, 6) is -1.04. The molecule has 142 valence electrons. The SMILES string of the molecule is CCCS(=O)(=O)Nc1ccc(S(=O)(=O)N2CCC(NC)CC2)cc1F. The molecule has 0 amide bonds. The lowest BCUT2D eigenvalue weighted by atomic mass is 10.1. The van der Waals surface area contributed by atoms with Crippen molar-refractivity contribution in [2.24, 2.45) is 0 Å². The number of nitrogens with zero attached hydrogens (tertiary/aromatic N) is 1. The van der Waals surface area contributed by atoms with E-state index in [-0.39, 0.29) is 22.4 Å². The van der Waals surface area contributed by atoms with Crippen LogP contribution in [-0.4, -0.2) is 53.1 Å². The van der Waals surface area contributed by atoms with Crippen LogP contribution in [0, 0.1) is 5.82 Å². The Labute approximate surface area is 148 Å². The average Bonchev–Trinajstić information content (AvgIpc) is 2.56. The Balaban J connectivity index is 2.19. The Morgan fingerprint density at radius 3 is 2.36 bits per heavy atom. The third-order valence-corrected chi connectivity index (χ3v) is 7.55. The van der Waals surface area contributed by atoms with Crippen molar-refractivity contribution in [2.75, 3.05) is 30.6 Å². The quantitative estimate of drug-likeness (QED) is 0.729. The van der Waals surface area contributed by atoms with Gasteiger partial charge in [0.25, 0.3) is 0 Å². The second-order valence-corrected chi connectivity index (χ2v) is 9.81. The van der Waals surface area contributed by atoms with Crippen molar-refractivity contribution in [1.82, 2.24) is 9.62 Å². The highest BCUT2D eigenvalue weighted by atomic mass is 32.2. The van der Waals surface area contributed by atoms with Gasteiger partial charge in [-0.3, -0.25) is 4.72 Å². The highest BCUT2D eigenvalue weighted by Crippen LogP contribution is 2.25. The highest BCUT2D eigenvalue weighted by molar-refractivity contribution is 7.92. The zero-order valence-electron chi connectivity index (χ0n) is 14.3. The molecule has 10 heteroatoms. The zero-order chi connectivity index (χ0) is 18.7. The molecule has 2 rings (SSSR count). The lowest BCUT2D eigenvalue weighted by molar-refractivity contribution is 0.298. The summed E-state index contributed by atoms with van der Waals surface area (Å²) in [6.45, 7) is 2.42. The third kappa shape index (κ3) is 4.90. The molecule has 1 aliphatic rings. The average molecular weight is 394 g/mol. The van der Waals surface area contributed by atoms with E-state index in [4.69, 9.17) is 0 Å². The van der Waals surface area contributed by atoms with Gasteiger partial charge < -0.3 is 5.32 Å². The monoisotopic (exact) mass is 393 g/mol. The second kappa shape index (κ2) is 7.98. The molecule has 25 heavy (non-hydrogen) atoms. The van der Waals surface area contributed by atoms with Crippen LogP contribution in [0.3, 0.4) is 0 Å². The Morgan fingerprint density at radius 2 is 1.84 bits per heavy atom. The van der Waals surface area contributed by atoms with Crippen molar-refractivity contribution in [1.29, 1.82) is 0 Å². The first-order valence-corrected chi connectivity index (χ1v) is 11.3. The Kier molecular flexibility index (Phi) is 6.41. The maximum Gasteiger partial charge on any atom is 0.243 e. The molecule has 0 aliphatic carbocycles. The van der Waals surface area contributed by atoms with Crippen molar-refractivity contribution in [3.8, 4) is 0 Å². The standard InChI is InChI=1S/C15H24FN3O4S2/c1-3-10-24(20,21)18-15-5-4-13(11-14(15)16)25(22,23)19-8-6-12(17-2)7-9-19/h4-5,11-12,17-18H,3,6-10H2,1-2H3. The van der Waals surface area contributed by atoms with Crippen LogP contribution >= 0.6 is 0 Å². The Bertz CT molecular complexity index is 804. The van der Waals surface area contributed by atoms with Gasteiger partial charge >= 0.3 is 0 Å².